The maximum absolute atomic E-state index is 13.4. The third-order valence-electron chi connectivity index (χ3n) is 5.14. The van der Waals surface area contributed by atoms with Crippen LogP contribution in [0.5, 0.6) is 0 Å². The summed E-state index contributed by atoms with van der Waals surface area (Å²) in [4.78, 5) is 28.5. The summed E-state index contributed by atoms with van der Waals surface area (Å²) in [6.45, 7) is 7.22. The Kier molecular flexibility index (Phi) is 10.8. The molecule has 0 aliphatic carbocycles. The monoisotopic (exact) mass is 465 g/mol. The molecule has 1 aromatic heterocycles. The molecular weight excluding hydrogens is 433 g/mol. The van der Waals surface area contributed by atoms with Crippen LogP contribution in [0.2, 0.25) is 0 Å². The van der Waals surface area contributed by atoms with Crippen molar-refractivity contribution in [3.63, 3.8) is 0 Å². The fraction of sp³-hybridized carbons (Fsp3) is 0.308. The Morgan fingerprint density at radius 3 is 2.56 bits per heavy atom. The van der Waals surface area contributed by atoms with E-state index in [-0.39, 0.29) is 5.56 Å². The van der Waals surface area contributed by atoms with Crippen molar-refractivity contribution in [2.24, 2.45) is 5.10 Å². The van der Waals surface area contributed by atoms with Crippen molar-refractivity contribution in [1.82, 2.24) is 19.9 Å². The molecule has 0 fully saturated rings. The predicted octanol–water partition coefficient (Wildman–Crippen LogP) is 3.97. The molecule has 0 radical (unpaired) electrons. The van der Waals surface area contributed by atoms with Crippen molar-refractivity contribution in [1.29, 1.82) is 0 Å². The molecule has 0 atom stereocenters. The number of rotatable bonds is 6. The van der Waals surface area contributed by atoms with Gasteiger partial charge in [-0.1, -0.05) is 44.2 Å². The summed E-state index contributed by atoms with van der Waals surface area (Å²) in [5.41, 5.74) is 5.30. The Balaban J connectivity index is 0.000000281. The maximum Gasteiger partial charge on any atom is 0.153 e. The zero-order valence-electron chi connectivity index (χ0n) is 20.2. The minimum Gasteiger partial charge on any atom is -0.333 e. The Bertz CT molecular complexity index is 1110. The van der Waals surface area contributed by atoms with E-state index >= 15 is 0 Å². The molecule has 8 heteroatoms. The first-order valence-corrected chi connectivity index (χ1v) is 11.3. The molecule has 1 aliphatic rings. The van der Waals surface area contributed by atoms with E-state index < -0.39 is 5.82 Å². The molecule has 3 aromatic rings. The molecule has 2 heterocycles. The van der Waals surface area contributed by atoms with Gasteiger partial charge in [-0.3, -0.25) is 14.5 Å². The fourth-order valence-electron chi connectivity index (χ4n) is 3.47. The number of imidazole rings is 1. The van der Waals surface area contributed by atoms with E-state index in [0.29, 0.717) is 29.5 Å². The molecule has 1 N–H and O–H groups in total. The molecular formula is C26H32FN5O2. The molecule has 34 heavy (non-hydrogen) atoms. The van der Waals surface area contributed by atoms with Gasteiger partial charge in [-0.25, -0.2) is 9.37 Å². The van der Waals surface area contributed by atoms with Crippen LogP contribution in [0.15, 0.2) is 60.0 Å². The van der Waals surface area contributed by atoms with Gasteiger partial charge in [0, 0.05) is 50.1 Å². The quantitative estimate of drug-likeness (QED) is 0.339. The van der Waals surface area contributed by atoms with E-state index in [1.807, 2.05) is 32.3 Å². The van der Waals surface area contributed by atoms with Crippen molar-refractivity contribution in [2.75, 3.05) is 20.6 Å². The first kappa shape index (κ1) is 26.6. The van der Waals surface area contributed by atoms with Crippen LogP contribution >= 0.6 is 0 Å². The fourth-order valence-corrected chi connectivity index (χ4v) is 3.47. The summed E-state index contributed by atoms with van der Waals surface area (Å²) in [6.07, 6.45) is 5.53. The number of halogens is 1. The van der Waals surface area contributed by atoms with Crippen LogP contribution in [0.4, 0.5) is 4.39 Å². The number of aldehydes is 2. The lowest BCUT2D eigenvalue weighted by atomic mass is 9.97. The molecule has 4 rings (SSSR count). The normalized spacial score (nSPS) is 12.9. The number of carbonyl (C=O) groups excluding carboxylic acids is 2. The Morgan fingerprint density at radius 2 is 1.85 bits per heavy atom. The van der Waals surface area contributed by atoms with Crippen LogP contribution in [0.1, 0.15) is 51.5 Å². The highest BCUT2D eigenvalue weighted by Gasteiger charge is 2.12. The van der Waals surface area contributed by atoms with Crippen molar-refractivity contribution in [3.05, 3.63) is 88.8 Å². The molecule has 0 amide bonds. The molecule has 0 spiro atoms. The van der Waals surface area contributed by atoms with Crippen molar-refractivity contribution >= 4 is 18.3 Å². The molecule has 180 valence electrons. The van der Waals surface area contributed by atoms with E-state index in [0.717, 1.165) is 31.5 Å². The summed E-state index contributed by atoms with van der Waals surface area (Å²) in [5, 5.41) is 4.20. The average molecular weight is 466 g/mol. The number of hydrogen-bond donors (Lipinski definition) is 1. The zero-order chi connectivity index (χ0) is 24.9. The third-order valence-corrected chi connectivity index (χ3v) is 5.14. The number of fused-ring (bicyclic) bond motifs is 1. The second kappa shape index (κ2) is 13.8. The van der Waals surface area contributed by atoms with E-state index in [1.54, 1.807) is 31.3 Å². The smallest absolute Gasteiger partial charge is 0.153 e. The highest BCUT2D eigenvalue weighted by Crippen LogP contribution is 2.15. The number of hydrazone groups is 1. The molecule has 1 aliphatic heterocycles. The predicted molar refractivity (Wildman–Crippen MR) is 133 cm³/mol. The standard InChI is InChI=1S/C17H15FN2O2.C7H11N3.C2H6/c1-19-20-17(15-5-3-2-4-13(15)10-21)9-12-6-7-16(18)14(8-12)11-22;1-9-4-5-10-3-2-8-7(10)6-9;1-2/h2-8,10-11,19H,9H2,1H3;2-3H,4-6H2,1H3;1-2H3/b20-17-;;. The van der Waals surface area contributed by atoms with Gasteiger partial charge in [-0.05, 0) is 24.7 Å². The topological polar surface area (TPSA) is 79.6 Å². The number of nitrogens with zero attached hydrogens (tertiary/aromatic N) is 4. The van der Waals surface area contributed by atoms with Gasteiger partial charge in [0.2, 0.25) is 0 Å². The van der Waals surface area contributed by atoms with Gasteiger partial charge in [-0.15, -0.1) is 0 Å². The summed E-state index contributed by atoms with van der Waals surface area (Å²) in [6, 6.07) is 11.4. The SMILES string of the molecule is CC.CN/N=C(/Cc1ccc(F)c(C=O)c1)c1ccccc1C=O.CN1CCn2ccnc2C1. The second-order valence-electron chi connectivity index (χ2n) is 7.41. The summed E-state index contributed by atoms with van der Waals surface area (Å²) >= 11 is 0. The van der Waals surface area contributed by atoms with Crippen LogP contribution in [0.25, 0.3) is 0 Å². The highest BCUT2D eigenvalue weighted by atomic mass is 19.1. The summed E-state index contributed by atoms with van der Waals surface area (Å²) < 4.78 is 15.6. The van der Waals surface area contributed by atoms with Crippen LogP contribution in [-0.2, 0) is 19.5 Å². The lowest BCUT2D eigenvalue weighted by Crippen LogP contribution is -2.30. The maximum atomic E-state index is 13.4. The number of hydrogen-bond acceptors (Lipinski definition) is 6. The van der Waals surface area contributed by atoms with Crippen LogP contribution in [-0.4, -0.2) is 53.4 Å². The molecule has 2 aromatic carbocycles. The van der Waals surface area contributed by atoms with E-state index in [4.69, 9.17) is 0 Å². The molecule has 0 saturated heterocycles. The summed E-state index contributed by atoms with van der Waals surface area (Å²) in [5.74, 6) is 0.632. The van der Waals surface area contributed by atoms with Gasteiger partial charge in [0.15, 0.2) is 12.6 Å². The van der Waals surface area contributed by atoms with Gasteiger partial charge < -0.3 is 9.99 Å². The second-order valence-corrected chi connectivity index (χ2v) is 7.41. The molecule has 0 bridgehead atoms. The molecule has 7 nitrogen and oxygen atoms in total. The first-order chi connectivity index (χ1) is 16.5. The van der Waals surface area contributed by atoms with Gasteiger partial charge in [-0.2, -0.15) is 5.10 Å². The van der Waals surface area contributed by atoms with E-state index in [9.17, 15) is 14.0 Å². The van der Waals surface area contributed by atoms with Gasteiger partial charge >= 0.3 is 0 Å². The lowest BCUT2D eigenvalue weighted by molar-refractivity contribution is 0.111. The minimum absolute atomic E-state index is 0.00461. The van der Waals surface area contributed by atoms with E-state index in [1.165, 1.54) is 18.0 Å². The molecule has 0 unspecified atom stereocenters. The average Bonchev–Trinajstić information content (AvgIpc) is 3.34. The van der Waals surface area contributed by atoms with E-state index in [2.05, 4.69) is 32.0 Å². The number of likely N-dealkylation sites (N-methyl/N-ethyl adjacent to an activating group) is 1. The van der Waals surface area contributed by atoms with Crippen molar-refractivity contribution in [2.45, 2.75) is 33.4 Å². The Morgan fingerprint density at radius 1 is 1.12 bits per heavy atom. The van der Waals surface area contributed by atoms with Crippen LogP contribution < -0.4 is 5.43 Å². The van der Waals surface area contributed by atoms with Crippen LogP contribution in [0.3, 0.4) is 0 Å². The Hall–Kier alpha value is -3.65. The highest BCUT2D eigenvalue weighted by molar-refractivity contribution is 6.07. The number of benzene rings is 2. The largest absolute Gasteiger partial charge is 0.333 e. The zero-order valence-corrected chi connectivity index (χ0v) is 20.2. The molecule has 0 saturated carbocycles. The first-order valence-electron chi connectivity index (χ1n) is 11.3. The number of nitrogens with one attached hydrogen (secondary N) is 1. The summed E-state index contributed by atoms with van der Waals surface area (Å²) in [7, 11) is 3.78. The Labute approximate surface area is 200 Å². The van der Waals surface area contributed by atoms with Gasteiger partial charge in [0.05, 0.1) is 17.8 Å². The van der Waals surface area contributed by atoms with Crippen LogP contribution in [0, 0.1) is 5.82 Å². The van der Waals surface area contributed by atoms with Gasteiger partial charge in [0.25, 0.3) is 0 Å². The van der Waals surface area contributed by atoms with Crippen molar-refractivity contribution in [3.8, 4) is 0 Å². The minimum atomic E-state index is -0.556. The third kappa shape index (κ3) is 7.18. The lowest BCUT2D eigenvalue weighted by Gasteiger charge is -2.22. The van der Waals surface area contributed by atoms with Crippen molar-refractivity contribution < 1.29 is 14.0 Å². The number of carbonyl (C=O) groups is 2. The number of aromatic nitrogens is 2. The van der Waals surface area contributed by atoms with Gasteiger partial charge in [0.1, 0.15) is 11.6 Å².